The molecule has 1 amide bonds. The van der Waals surface area contributed by atoms with Gasteiger partial charge in [0.05, 0.1) is 0 Å². The Bertz CT molecular complexity index is 515. The van der Waals surface area contributed by atoms with Gasteiger partial charge in [-0.25, -0.2) is 0 Å². The average Bonchev–Trinajstić information content (AvgIpc) is 2.48. The molecule has 0 aliphatic heterocycles. The van der Waals surface area contributed by atoms with Crippen LogP contribution in [0.1, 0.15) is 29.3 Å². The van der Waals surface area contributed by atoms with E-state index in [4.69, 9.17) is 4.74 Å². The molecule has 2 N–H and O–H groups in total. The molecular weight excluding hydrogens is 282 g/mol. The van der Waals surface area contributed by atoms with Crippen LogP contribution < -0.4 is 10.6 Å². The maximum Gasteiger partial charge on any atom is 0.302 e. The van der Waals surface area contributed by atoms with E-state index in [2.05, 4.69) is 15.5 Å². The Morgan fingerprint density at radius 2 is 2.00 bits per heavy atom. The molecule has 0 spiro atoms. The largest absolute Gasteiger partial charge is 0.461 e. The van der Waals surface area contributed by atoms with E-state index >= 15 is 0 Å². The van der Waals surface area contributed by atoms with Gasteiger partial charge in [-0.3, -0.25) is 9.59 Å². The first-order chi connectivity index (χ1) is 10.4. The second kappa shape index (κ2) is 9.04. The van der Waals surface area contributed by atoms with Gasteiger partial charge in [0, 0.05) is 37.3 Å². The van der Waals surface area contributed by atoms with Crippen LogP contribution in [-0.4, -0.2) is 51.0 Å². The number of anilines is 1. The predicted octanol–water partition coefficient (Wildman–Crippen LogP) is 1.47. The van der Waals surface area contributed by atoms with Gasteiger partial charge in [-0.15, -0.1) is 0 Å². The summed E-state index contributed by atoms with van der Waals surface area (Å²) >= 11 is 0. The molecule has 0 radical (unpaired) electrons. The molecule has 0 bridgehead atoms. The number of carbonyl (C=O) groups is 2. The quantitative estimate of drug-likeness (QED) is 0.562. The molecule has 1 rings (SSSR count). The number of esters is 1. The number of carbonyl (C=O) groups excluding carboxylic acids is 2. The molecule has 6 heteroatoms. The molecular formula is C16H25N3O3. The van der Waals surface area contributed by atoms with Crippen molar-refractivity contribution in [2.24, 2.45) is 0 Å². The Morgan fingerprint density at radius 1 is 1.27 bits per heavy atom. The summed E-state index contributed by atoms with van der Waals surface area (Å²) in [5, 5.41) is 5.90. The van der Waals surface area contributed by atoms with Crippen molar-refractivity contribution < 1.29 is 14.3 Å². The first-order valence-electron chi connectivity index (χ1n) is 7.31. The van der Waals surface area contributed by atoms with Crippen LogP contribution in [0.4, 0.5) is 5.69 Å². The number of hydrogen-bond donors (Lipinski definition) is 2. The number of amides is 1. The van der Waals surface area contributed by atoms with E-state index in [-0.39, 0.29) is 18.5 Å². The third kappa shape index (κ3) is 6.13. The monoisotopic (exact) mass is 307 g/mol. The number of nitrogens with zero attached hydrogens (tertiary/aromatic N) is 1. The van der Waals surface area contributed by atoms with E-state index in [1.807, 2.05) is 20.2 Å². The van der Waals surface area contributed by atoms with Crippen molar-refractivity contribution in [2.75, 3.05) is 39.5 Å². The minimum Gasteiger partial charge on any atom is -0.461 e. The van der Waals surface area contributed by atoms with Crippen LogP contribution in [0.25, 0.3) is 0 Å². The molecule has 0 heterocycles. The maximum atomic E-state index is 12.3. The molecule has 0 saturated carbocycles. The van der Waals surface area contributed by atoms with Gasteiger partial charge in [0.1, 0.15) is 6.61 Å². The zero-order chi connectivity index (χ0) is 16.5. The predicted molar refractivity (Wildman–Crippen MR) is 87.0 cm³/mol. The SMILES string of the molecule is CNc1ccc(COC(C)=O)c(C(=O)NCCCN(C)C)c1. The van der Waals surface area contributed by atoms with Gasteiger partial charge in [0.25, 0.3) is 5.91 Å². The number of hydrogen-bond acceptors (Lipinski definition) is 5. The van der Waals surface area contributed by atoms with Crippen molar-refractivity contribution in [1.29, 1.82) is 0 Å². The fourth-order valence-electron chi connectivity index (χ4n) is 1.94. The minimum absolute atomic E-state index is 0.0970. The lowest BCUT2D eigenvalue weighted by molar-refractivity contribution is -0.142. The van der Waals surface area contributed by atoms with Crippen LogP contribution >= 0.6 is 0 Å². The summed E-state index contributed by atoms with van der Waals surface area (Å²) in [5.41, 5.74) is 2.06. The summed E-state index contributed by atoms with van der Waals surface area (Å²) in [6.07, 6.45) is 0.879. The normalized spacial score (nSPS) is 10.4. The van der Waals surface area contributed by atoms with Gasteiger partial charge < -0.3 is 20.3 Å². The molecule has 0 unspecified atom stereocenters. The molecule has 0 aromatic heterocycles. The lowest BCUT2D eigenvalue weighted by Crippen LogP contribution is -2.28. The summed E-state index contributed by atoms with van der Waals surface area (Å²) in [7, 11) is 5.78. The zero-order valence-electron chi connectivity index (χ0n) is 13.7. The van der Waals surface area contributed by atoms with Crippen molar-refractivity contribution >= 4 is 17.6 Å². The van der Waals surface area contributed by atoms with Gasteiger partial charge in [-0.05, 0) is 39.2 Å². The van der Waals surface area contributed by atoms with E-state index in [9.17, 15) is 9.59 Å². The van der Waals surface area contributed by atoms with Gasteiger partial charge in [-0.1, -0.05) is 6.07 Å². The van der Waals surface area contributed by atoms with E-state index in [1.165, 1.54) is 6.92 Å². The Labute approximate surface area is 131 Å². The van der Waals surface area contributed by atoms with Crippen LogP contribution in [0.5, 0.6) is 0 Å². The second-order valence-electron chi connectivity index (χ2n) is 5.31. The number of nitrogens with one attached hydrogen (secondary N) is 2. The lowest BCUT2D eigenvalue weighted by Gasteiger charge is -2.13. The fraction of sp³-hybridized carbons (Fsp3) is 0.500. The van der Waals surface area contributed by atoms with Crippen LogP contribution in [0.2, 0.25) is 0 Å². The highest BCUT2D eigenvalue weighted by Crippen LogP contribution is 2.17. The standard InChI is InChI=1S/C16H25N3O3/c1-12(20)22-11-13-6-7-14(17-2)10-15(13)16(21)18-8-5-9-19(3)4/h6-7,10,17H,5,8-9,11H2,1-4H3,(H,18,21). The van der Waals surface area contributed by atoms with Crippen molar-refractivity contribution in [2.45, 2.75) is 20.0 Å². The summed E-state index contributed by atoms with van der Waals surface area (Å²) in [6.45, 7) is 2.97. The Balaban J connectivity index is 2.75. The zero-order valence-corrected chi connectivity index (χ0v) is 13.7. The number of benzene rings is 1. The molecule has 0 aliphatic carbocycles. The van der Waals surface area contributed by atoms with Gasteiger partial charge in [0.15, 0.2) is 0 Å². The van der Waals surface area contributed by atoms with Crippen LogP contribution in [0, 0.1) is 0 Å². The van der Waals surface area contributed by atoms with Crippen LogP contribution in [-0.2, 0) is 16.1 Å². The first kappa shape index (κ1) is 18.0. The summed E-state index contributed by atoms with van der Waals surface area (Å²) in [5.74, 6) is -0.520. The number of ether oxygens (including phenoxy) is 1. The Morgan fingerprint density at radius 3 is 2.59 bits per heavy atom. The molecule has 122 valence electrons. The maximum absolute atomic E-state index is 12.3. The van der Waals surface area contributed by atoms with E-state index < -0.39 is 0 Å². The van der Waals surface area contributed by atoms with Crippen molar-refractivity contribution in [3.63, 3.8) is 0 Å². The highest BCUT2D eigenvalue weighted by atomic mass is 16.5. The molecule has 1 aromatic rings. The summed E-state index contributed by atoms with van der Waals surface area (Å²) < 4.78 is 5.00. The Kier molecular flexibility index (Phi) is 7.39. The molecule has 0 aliphatic rings. The highest BCUT2D eigenvalue weighted by Gasteiger charge is 2.13. The topological polar surface area (TPSA) is 70.7 Å². The summed E-state index contributed by atoms with van der Waals surface area (Å²) in [6, 6.07) is 5.41. The first-order valence-corrected chi connectivity index (χ1v) is 7.31. The molecule has 22 heavy (non-hydrogen) atoms. The van der Waals surface area contributed by atoms with Crippen molar-refractivity contribution in [3.05, 3.63) is 29.3 Å². The van der Waals surface area contributed by atoms with Gasteiger partial charge in [0.2, 0.25) is 0 Å². The molecule has 0 atom stereocenters. The Hall–Kier alpha value is -2.08. The smallest absolute Gasteiger partial charge is 0.302 e. The van der Waals surface area contributed by atoms with E-state index in [0.717, 1.165) is 18.7 Å². The van der Waals surface area contributed by atoms with E-state index in [0.29, 0.717) is 17.7 Å². The third-order valence-corrected chi connectivity index (χ3v) is 3.14. The molecule has 6 nitrogen and oxygen atoms in total. The average molecular weight is 307 g/mol. The second-order valence-corrected chi connectivity index (χ2v) is 5.31. The highest BCUT2D eigenvalue weighted by molar-refractivity contribution is 5.96. The van der Waals surface area contributed by atoms with Crippen LogP contribution in [0.15, 0.2) is 18.2 Å². The molecule has 0 saturated heterocycles. The van der Waals surface area contributed by atoms with Crippen molar-refractivity contribution in [3.8, 4) is 0 Å². The summed E-state index contributed by atoms with van der Waals surface area (Å²) in [4.78, 5) is 25.4. The van der Waals surface area contributed by atoms with E-state index in [1.54, 1.807) is 19.2 Å². The van der Waals surface area contributed by atoms with Gasteiger partial charge >= 0.3 is 5.97 Å². The van der Waals surface area contributed by atoms with Crippen molar-refractivity contribution in [1.82, 2.24) is 10.2 Å². The molecule has 0 fully saturated rings. The van der Waals surface area contributed by atoms with Gasteiger partial charge in [-0.2, -0.15) is 0 Å². The lowest BCUT2D eigenvalue weighted by atomic mass is 10.1. The fourth-order valence-corrected chi connectivity index (χ4v) is 1.94. The van der Waals surface area contributed by atoms with Crippen LogP contribution in [0.3, 0.4) is 0 Å². The third-order valence-electron chi connectivity index (χ3n) is 3.14. The molecule has 1 aromatic carbocycles. The number of rotatable bonds is 8. The minimum atomic E-state index is -0.366.